The van der Waals surface area contributed by atoms with E-state index in [0.717, 1.165) is 0 Å². The van der Waals surface area contributed by atoms with Crippen LogP contribution in [-0.4, -0.2) is 20.0 Å². The first kappa shape index (κ1) is 12.8. The summed E-state index contributed by atoms with van der Waals surface area (Å²) in [6.45, 7) is 1.92. The predicted molar refractivity (Wildman–Crippen MR) is 67.9 cm³/mol. The van der Waals surface area contributed by atoms with E-state index in [1.165, 1.54) is 14.2 Å². The zero-order valence-electron chi connectivity index (χ0n) is 10.4. The third kappa shape index (κ3) is 1.82. The second kappa shape index (κ2) is 4.90. The topological polar surface area (TPSA) is 44.8 Å². The van der Waals surface area contributed by atoms with Crippen LogP contribution in [0.3, 0.4) is 0 Å². The van der Waals surface area contributed by atoms with E-state index >= 15 is 0 Å². The van der Waals surface area contributed by atoms with Gasteiger partial charge in [0.15, 0.2) is 11.5 Å². The van der Waals surface area contributed by atoms with Gasteiger partial charge in [0.1, 0.15) is 22.1 Å². The molecule has 5 heteroatoms. The van der Waals surface area contributed by atoms with Gasteiger partial charge in [-0.2, -0.15) is 0 Å². The number of Topliss-reactive ketones (excluding diaryl/α,β-unsaturated/α-hetero) is 1. The van der Waals surface area contributed by atoms with Crippen LogP contribution < -0.4 is 14.2 Å². The van der Waals surface area contributed by atoms with Gasteiger partial charge in [-0.15, -0.1) is 0 Å². The minimum absolute atomic E-state index is 0.215. The lowest BCUT2D eigenvalue weighted by atomic mass is 10.1. The summed E-state index contributed by atoms with van der Waals surface area (Å²) in [6.07, 6.45) is 2.41. The van der Waals surface area contributed by atoms with Crippen LogP contribution >= 0.6 is 11.6 Å². The number of halogens is 1. The Labute approximate surface area is 110 Å². The summed E-state index contributed by atoms with van der Waals surface area (Å²) in [5.74, 6) is 1.18. The van der Waals surface area contributed by atoms with E-state index in [0.29, 0.717) is 29.2 Å². The normalized spacial score (nSPS) is 15.6. The first-order chi connectivity index (χ1) is 8.63. The van der Waals surface area contributed by atoms with Crippen molar-refractivity contribution in [2.45, 2.75) is 13.3 Å². The fourth-order valence-electron chi connectivity index (χ4n) is 1.81. The van der Waals surface area contributed by atoms with Crippen LogP contribution in [-0.2, 0) is 0 Å². The quantitative estimate of drug-likeness (QED) is 0.790. The Bertz CT molecular complexity index is 534. The molecule has 0 saturated heterocycles. The first-order valence-corrected chi connectivity index (χ1v) is 5.89. The van der Waals surface area contributed by atoms with Crippen LogP contribution in [0.1, 0.15) is 23.7 Å². The maximum atomic E-state index is 12.1. The van der Waals surface area contributed by atoms with Gasteiger partial charge in [0.2, 0.25) is 5.78 Å². The van der Waals surface area contributed by atoms with Crippen molar-refractivity contribution in [3.8, 4) is 17.2 Å². The van der Waals surface area contributed by atoms with Crippen molar-refractivity contribution in [3.05, 3.63) is 28.5 Å². The summed E-state index contributed by atoms with van der Waals surface area (Å²) in [5.41, 5.74) is 0.350. The zero-order chi connectivity index (χ0) is 13.3. The number of ketones is 1. The van der Waals surface area contributed by atoms with Crippen LogP contribution in [0, 0.1) is 0 Å². The molecule has 96 valence electrons. The van der Waals surface area contributed by atoms with Crippen LogP contribution in [0.2, 0.25) is 5.02 Å². The average molecular weight is 269 g/mol. The van der Waals surface area contributed by atoms with Gasteiger partial charge in [0, 0.05) is 6.07 Å². The summed E-state index contributed by atoms with van der Waals surface area (Å²) < 4.78 is 15.8. The molecule has 0 spiro atoms. The summed E-state index contributed by atoms with van der Waals surface area (Å²) >= 11 is 6.13. The van der Waals surface area contributed by atoms with Crippen molar-refractivity contribution in [2.75, 3.05) is 14.2 Å². The molecule has 0 fully saturated rings. The number of carbonyl (C=O) groups excluding carboxylic acids is 1. The minimum atomic E-state index is -0.215. The van der Waals surface area contributed by atoms with Gasteiger partial charge in [-0.3, -0.25) is 4.79 Å². The Balaban J connectivity index is 2.64. The Morgan fingerprint density at radius 1 is 1.33 bits per heavy atom. The smallest absolute Gasteiger partial charge is 0.235 e. The van der Waals surface area contributed by atoms with Crippen molar-refractivity contribution in [2.24, 2.45) is 0 Å². The highest BCUT2D eigenvalue weighted by Gasteiger charge is 2.34. The largest absolute Gasteiger partial charge is 0.496 e. The summed E-state index contributed by atoms with van der Waals surface area (Å²) in [6, 6.07) is 1.58. The molecule has 0 unspecified atom stereocenters. The number of fused-ring (bicyclic) bond motifs is 1. The number of allylic oxidation sites excluding steroid dienone is 2. The number of methoxy groups -OCH3 is 2. The highest BCUT2D eigenvalue weighted by atomic mass is 35.5. The maximum absolute atomic E-state index is 12.1. The maximum Gasteiger partial charge on any atom is 0.235 e. The van der Waals surface area contributed by atoms with Gasteiger partial charge in [-0.1, -0.05) is 18.5 Å². The Morgan fingerprint density at radius 3 is 2.56 bits per heavy atom. The lowest BCUT2D eigenvalue weighted by molar-refractivity contribution is 0.101. The molecule has 1 heterocycles. The van der Waals surface area contributed by atoms with Crippen molar-refractivity contribution in [1.82, 2.24) is 0 Å². The van der Waals surface area contributed by atoms with Gasteiger partial charge in [-0.05, 0) is 12.5 Å². The molecule has 18 heavy (non-hydrogen) atoms. The number of hydrogen-bond acceptors (Lipinski definition) is 4. The predicted octanol–water partition coefficient (Wildman–Crippen LogP) is 3.23. The molecule has 0 radical (unpaired) electrons. The molecule has 0 amide bonds. The molecule has 2 rings (SSSR count). The Morgan fingerprint density at radius 2 is 2.00 bits per heavy atom. The van der Waals surface area contributed by atoms with E-state index in [-0.39, 0.29) is 16.6 Å². The lowest BCUT2D eigenvalue weighted by Crippen LogP contribution is -2.00. The Kier molecular flexibility index (Phi) is 3.48. The SMILES string of the molecule is CC/C=C1\Oc2c(Cl)c(OC)cc(OC)c2C1=O. The van der Waals surface area contributed by atoms with E-state index in [4.69, 9.17) is 25.8 Å². The van der Waals surface area contributed by atoms with Gasteiger partial charge in [0.05, 0.1) is 14.2 Å². The summed E-state index contributed by atoms with van der Waals surface area (Å²) in [7, 11) is 2.98. The van der Waals surface area contributed by atoms with Gasteiger partial charge >= 0.3 is 0 Å². The fourth-order valence-corrected chi connectivity index (χ4v) is 2.07. The molecule has 0 atom stereocenters. The number of benzene rings is 1. The zero-order valence-corrected chi connectivity index (χ0v) is 11.1. The molecule has 0 aromatic heterocycles. The van der Waals surface area contributed by atoms with Crippen molar-refractivity contribution in [1.29, 1.82) is 0 Å². The molecule has 0 bridgehead atoms. The second-order valence-electron chi connectivity index (χ2n) is 3.71. The fraction of sp³-hybridized carbons (Fsp3) is 0.308. The van der Waals surface area contributed by atoms with Crippen LogP contribution in [0.15, 0.2) is 17.9 Å². The molecule has 0 N–H and O–H groups in total. The third-order valence-electron chi connectivity index (χ3n) is 2.64. The van der Waals surface area contributed by atoms with E-state index in [1.54, 1.807) is 12.1 Å². The van der Waals surface area contributed by atoms with Gasteiger partial charge in [-0.25, -0.2) is 0 Å². The van der Waals surface area contributed by atoms with Crippen molar-refractivity contribution in [3.63, 3.8) is 0 Å². The molecular weight excluding hydrogens is 256 g/mol. The van der Waals surface area contributed by atoms with E-state index in [1.807, 2.05) is 6.92 Å². The standard InChI is InChI=1S/C13H13ClO4/c1-4-5-7-12(15)10-8(16-2)6-9(17-3)11(14)13(10)18-7/h5-6H,4H2,1-3H3/b7-5-. The number of hydrogen-bond donors (Lipinski definition) is 0. The van der Waals surface area contributed by atoms with E-state index in [9.17, 15) is 4.79 Å². The monoisotopic (exact) mass is 268 g/mol. The highest BCUT2D eigenvalue weighted by molar-refractivity contribution is 6.35. The first-order valence-electron chi connectivity index (χ1n) is 5.51. The molecule has 1 aliphatic rings. The van der Waals surface area contributed by atoms with E-state index < -0.39 is 0 Å². The molecule has 0 aliphatic carbocycles. The van der Waals surface area contributed by atoms with Gasteiger partial charge < -0.3 is 14.2 Å². The average Bonchev–Trinajstić information content (AvgIpc) is 2.70. The number of ether oxygens (including phenoxy) is 3. The molecule has 4 nitrogen and oxygen atoms in total. The van der Waals surface area contributed by atoms with Crippen LogP contribution in [0.5, 0.6) is 17.2 Å². The number of carbonyl (C=O) groups is 1. The number of rotatable bonds is 3. The molecular formula is C13H13ClO4. The molecule has 1 aliphatic heterocycles. The van der Waals surface area contributed by atoms with Crippen molar-refractivity contribution >= 4 is 17.4 Å². The second-order valence-corrected chi connectivity index (χ2v) is 4.08. The summed E-state index contributed by atoms with van der Waals surface area (Å²) in [5, 5.41) is 0.279. The Hall–Kier alpha value is -1.68. The van der Waals surface area contributed by atoms with Crippen LogP contribution in [0.4, 0.5) is 0 Å². The molecule has 1 aromatic carbocycles. The minimum Gasteiger partial charge on any atom is -0.496 e. The van der Waals surface area contributed by atoms with Gasteiger partial charge in [0.25, 0.3) is 0 Å². The molecule has 1 aromatic rings. The summed E-state index contributed by atoms with van der Waals surface area (Å²) in [4.78, 5) is 12.1. The molecule has 0 saturated carbocycles. The lowest BCUT2D eigenvalue weighted by Gasteiger charge is -2.10. The van der Waals surface area contributed by atoms with Crippen molar-refractivity contribution < 1.29 is 19.0 Å². The third-order valence-corrected chi connectivity index (χ3v) is 3.00. The van der Waals surface area contributed by atoms with E-state index in [2.05, 4.69) is 0 Å². The van der Waals surface area contributed by atoms with Crippen LogP contribution in [0.25, 0.3) is 0 Å². The highest BCUT2D eigenvalue weighted by Crippen LogP contribution is 2.47.